The molecule has 25 heavy (non-hydrogen) atoms. The number of ether oxygens (including phenoxy) is 1. The van der Waals surface area contributed by atoms with Crippen molar-refractivity contribution in [2.75, 3.05) is 19.7 Å². The summed E-state index contributed by atoms with van der Waals surface area (Å²) in [6.07, 6.45) is 2.08. The molecule has 0 aromatic heterocycles. The van der Waals surface area contributed by atoms with Crippen molar-refractivity contribution >= 4 is 11.8 Å². The molecule has 1 aliphatic heterocycles. The van der Waals surface area contributed by atoms with Crippen molar-refractivity contribution in [3.8, 4) is 0 Å². The summed E-state index contributed by atoms with van der Waals surface area (Å²) >= 11 is 0. The van der Waals surface area contributed by atoms with Gasteiger partial charge in [0.1, 0.15) is 0 Å². The second-order valence-electron chi connectivity index (χ2n) is 7.58. The minimum Gasteiger partial charge on any atom is -0.378 e. The minimum absolute atomic E-state index is 0.0184. The predicted molar refractivity (Wildman–Crippen MR) is 98.3 cm³/mol. The fourth-order valence-corrected chi connectivity index (χ4v) is 2.86. The lowest BCUT2D eigenvalue weighted by molar-refractivity contribution is -0.128. The normalized spacial score (nSPS) is 15.9. The molecule has 5 nitrogen and oxygen atoms in total. The van der Waals surface area contributed by atoms with Crippen molar-refractivity contribution in [2.24, 2.45) is 5.41 Å². The van der Waals surface area contributed by atoms with Gasteiger partial charge in [-0.3, -0.25) is 9.59 Å². The van der Waals surface area contributed by atoms with Gasteiger partial charge in [-0.15, -0.1) is 0 Å². The maximum absolute atomic E-state index is 12.6. The summed E-state index contributed by atoms with van der Waals surface area (Å²) in [5, 5.41) is 2.92. The Labute approximate surface area is 150 Å². The van der Waals surface area contributed by atoms with Crippen molar-refractivity contribution in [3.63, 3.8) is 0 Å². The second kappa shape index (κ2) is 8.48. The molecule has 0 aliphatic carbocycles. The van der Waals surface area contributed by atoms with E-state index in [-0.39, 0.29) is 17.9 Å². The molecule has 1 fully saturated rings. The number of piperidine rings is 1. The van der Waals surface area contributed by atoms with E-state index in [2.05, 4.69) is 5.32 Å². The number of likely N-dealkylation sites (tertiary alicyclic amines) is 1. The number of hydrogen-bond donors (Lipinski definition) is 1. The first-order valence-electron chi connectivity index (χ1n) is 9.09. The molecule has 5 heteroatoms. The lowest BCUT2D eigenvalue weighted by Crippen LogP contribution is -2.40. The lowest BCUT2D eigenvalue weighted by atomic mass is 9.95. The smallest absolute Gasteiger partial charge is 0.253 e. The van der Waals surface area contributed by atoms with Gasteiger partial charge in [-0.25, -0.2) is 0 Å². The van der Waals surface area contributed by atoms with E-state index in [4.69, 9.17) is 4.74 Å². The number of hydrogen-bond acceptors (Lipinski definition) is 3. The first-order valence-corrected chi connectivity index (χ1v) is 9.09. The van der Waals surface area contributed by atoms with E-state index in [1.54, 1.807) is 0 Å². The molecule has 1 aliphatic rings. The monoisotopic (exact) mass is 346 g/mol. The highest BCUT2D eigenvalue weighted by Crippen LogP contribution is 2.17. The number of amides is 2. The van der Waals surface area contributed by atoms with Crippen LogP contribution >= 0.6 is 0 Å². The Hall–Kier alpha value is -1.88. The fourth-order valence-electron chi connectivity index (χ4n) is 2.86. The van der Waals surface area contributed by atoms with E-state index in [0.29, 0.717) is 12.1 Å². The maximum atomic E-state index is 12.6. The van der Waals surface area contributed by atoms with E-state index in [9.17, 15) is 9.59 Å². The van der Waals surface area contributed by atoms with Gasteiger partial charge in [-0.05, 0) is 37.5 Å². The molecule has 0 bridgehead atoms. The molecule has 2 amide bonds. The van der Waals surface area contributed by atoms with Crippen LogP contribution in [0, 0.1) is 5.41 Å². The Morgan fingerprint density at radius 2 is 1.76 bits per heavy atom. The van der Waals surface area contributed by atoms with Crippen LogP contribution < -0.4 is 5.32 Å². The third-order valence-electron chi connectivity index (χ3n) is 4.47. The largest absolute Gasteiger partial charge is 0.378 e. The highest BCUT2D eigenvalue weighted by atomic mass is 16.5. The molecule has 0 saturated carbocycles. The Bertz CT molecular complexity index is 582. The molecule has 0 atom stereocenters. The summed E-state index contributed by atoms with van der Waals surface area (Å²) in [5.41, 5.74) is 1.29. The molecular weight excluding hydrogens is 316 g/mol. The van der Waals surface area contributed by atoms with E-state index in [0.717, 1.165) is 38.1 Å². The molecule has 0 spiro atoms. The van der Waals surface area contributed by atoms with E-state index in [1.807, 2.05) is 56.9 Å². The zero-order valence-electron chi connectivity index (χ0n) is 15.8. The highest BCUT2D eigenvalue weighted by Gasteiger charge is 2.24. The quantitative estimate of drug-likeness (QED) is 0.892. The molecule has 2 rings (SSSR count). The molecule has 1 aromatic carbocycles. The number of carbonyl (C=O) groups is 2. The van der Waals surface area contributed by atoms with Gasteiger partial charge in [-0.1, -0.05) is 32.9 Å². The lowest BCUT2D eigenvalue weighted by Gasteiger charge is -2.31. The van der Waals surface area contributed by atoms with Crippen molar-refractivity contribution in [2.45, 2.75) is 53.2 Å². The molecule has 0 unspecified atom stereocenters. The van der Waals surface area contributed by atoms with Crippen molar-refractivity contribution in [1.29, 1.82) is 0 Å². The van der Waals surface area contributed by atoms with Gasteiger partial charge < -0.3 is 15.0 Å². The Kier molecular flexibility index (Phi) is 6.59. The fraction of sp³-hybridized carbons (Fsp3) is 0.600. The van der Waals surface area contributed by atoms with Gasteiger partial charge in [-0.2, -0.15) is 0 Å². The predicted octanol–water partition coefficient (Wildman–Crippen LogP) is 2.99. The number of benzene rings is 1. The Morgan fingerprint density at radius 3 is 2.28 bits per heavy atom. The molecule has 1 heterocycles. The first-order chi connectivity index (χ1) is 11.8. The summed E-state index contributed by atoms with van der Waals surface area (Å²) in [6.45, 7) is 10.4. The van der Waals surface area contributed by atoms with Gasteiger partial charge in [0.15, 0.2) is 0 Å². The van der Waals surface area contributed by atoms with Crippen LogP contribution in [0.15, 0.2) is 24.3 Å². The third-order valence-corrected chi connectivity index (χ3v) is 4.47. The summed E-state index contributed by atoms with van der Waals surface area (Å²) in [6, 6.07) is 7.50. The minimum atomic E-state index is -0.399. The zero-order valence-corrected chi connectivity index (χ0v) is 15.8. The van der Waals surface area contributed by atoms with Crippen LogP contribution in [-0.2, 0) is 16.1 Å². The van der Waals surface area contributed by atoms with Crippen LogP contribution in [0.4, 0.5) is 0 Å². The second-order valence-corrected chi connectivity index (χ2v) is 7.58. The Morgan fingerprint density at radius 1 is 1.16 bits per heavy atom. The van der Waals surface area contributed by atoms with E-state index >= 15 is 0 Å². The third kappa shape index (κ3) is 5.56. The van der Waals surface area contributed by atoms with Gasteiger partial charge in [0.2, 0.25) is 5.91 Å². The SMILES string of the molecule is CCOC1CCN(C(=O)c2ccc(CNC(=O)C(C)(C)C)cc2)CC1. The number of nitrogens with zero attached hydrogens (tertiary/aromatic N) is 1. The van der Waals surface area contributed by atoms with E-state index < -0.39 is 5.41 Å². The first kappa shape index (κ1) is 19.4. The maximum Gasteiger partial charge on any atom is 0.253 e. The summed E-state index contributed by atoms with van der Waals surface area (Å²) in [4.78, 5) is 26.4. The van der Waals surface area contributed by atoms with Gasteiger partial charge in [0.05, 0.1) is 6.10 Å². The number of nitrogens with one attached hydrogen (secondary N) is 1. The summed E-state index contributed by atoms with van der Waals surface area (Å²) in [5.74, 6) is 0.0880. The molecule has 1 saturated heterocycles. The van der Waals surface area contributed by atoms with Gasteiger partial charge in [0, 0.05) is 37.2 Å². The topological polar surface area (TPSA) is 58.6 Å². The van der Waals surface area contributed by atoms with Crippen LogP contribution in [0.1, 0.15) is 56.5 Å². The van der Waals surface area contributed by atoms with Crippen molar-refractivity contribution in [1.82, 2.24) is 10.2 Å². The van der Waals surface area contributed by atoms with Crippen molar-refractivity contribution < 1.29 is 14.3 Å². The molecule has 1 aromatic rings. The number of rotatable bonds is 5. The van der Waals surface area contributed by atoms with Gasteiger partial charge in [0.25, 0.3) is 5.91 Å². The highest BCUT2D eigenvalue weighted by molar-refractivity contribution is 5.94. The van der Waals surface area contributed by atoms with Crippen LogP contribution in [0.5, 0.6) is 0 Å². The van der Waals surface area contributed by atoms with Crippen molar-refractivity contribution in [3.05, 3.63) is 35.4 Å². The molecular formula is C20H30N2O3. The molecule has 0 radical (unpaired) electrons. The zero-order chi connectivity index (χ0) is 18.4. The van der Waals surface area contributed by atoms with Crippen LogP contribution in [-0.4, -0.2) is 42.5 Å². The summed E-state index contributed by atoms with van der Waals surface area (Å²) < 4.78 is 5.63. The molecule has 1 N–H and O–H groups in total. The van der Waals surface area contributed by atoms with Crippen LogP contribution in [0.2, 0.25) is 0 Å². The Balaban J connectivity index is 1.87. The van der Waals surface area contributed by atoms with E-state index in [1.165, 1.54) is 0 Å². The average Bonchev–Trinajstić information content (AvgIpc) is 2.59. The summed E-state index contributed by atoms with van der Waals surface area (Å²) in [7, 11) is 0. The van der Waals surface area contributed by atoms with Crippen LogP contribution in [0.25, 0.3) is 0 Å². The van der Waals surface area contributed by atoms with Gasteiger partial charge >= 0.3 is 0 Å². The standard InChI is InChI=1S/C20H30N2O3/c1-5-25-17-10-12-22(13-11-17)18(23)16-8-6-15(7-9-16)14-21-19(24)20(2,3)4/h6-9,17H,5,10-14H2,1-4H3,(H,21,24). The average molecular weight is 346 g/mol. The molecule has 138 valence electrons. The number of carbonyl (C=O) groups excluding carboxylic acids is 2. The van der Waals surface area contributed by atoms with Crippen LogP contribution in [0.3, 0.4) is 0 Å².